The highest BCUT2D eigenvalue weighted by molar-refractivity contribution is 7.14. The fourth-order valence-electron chi connectivity index (χ4n) is 2.43. The molecule has 0 aliphatic carbocycles. The minimum Gasteiger partial charge on any atom is -0.459 e. The van der Waals surface area contributed by atoms with E-state index in [1.165, 1.54) is 11.3 Å². The number of hydrogen-bond donors (Lipinski definition) is 1. The lowest BCUT2D eigenvalue weighted by Gasteiger charge is -2.32. The highest BCUT2D eigenvalue weighted by atomic mass is 32.1. The molecule has 22 heavy (non-hydrogen) atoms. The van der Waals surface area contributed by atoms with E-state index < -0.39 is 6.10 Å². The van der Waals surface area contributed by atoms with Crippen LogP contribution in [0.1, 0.15) is 40.9 Å². The van der Waals surface area contributed by atoms with Gasteiger partial charge in [0.25, 0.3) is 0 Å². The first-order chi connectivity index (χ1) is 10.5. The summed E-state index contributed by atoms with van der Waals surface area (Å²) in [7, 11) is 2.13. The lowest BCUT2D eigenvalue weighted by Crippen LogP contribution is -2.44. The molecule has 1 aromatic rings. The van der Waals surface area contributed by atoms with Gasteiger partial charge in [-0.2, -0.15) is 0 Å². The molecule has 5 nitrogen and oxygen atoms in total. The third-order valence-electron chi connectivity index (χ3n) is 3.81. The van der Waals surface area contributed by atoms with E-state index in [1.807, 2.05) is 19.9 Å². The number of piperazine rings is 1. The fourth-order valence-corrected chi connectivity index (χ4v) is 3.34. The van der Waals surface area contributed by atoms with Crippen LogP contribution in [0.15, 0.2) is 12.1 Å². The summed E-state index contributed by atoms with van der Waals surface area (Å²) < 4.78 is 5.17. The molecule has 1 atom stereocenters. The fraction of sp³-hybridized carbons (Fsp3) is 0.688. The Balaban J connectivity index is 1.81. The van der Waals surface area contributed by atoms with E-state index in [1.54, 1.807) is 6.07 Å². The zero-order chi connectivity index (χ0) is 16.1. The van der Waals surface area contributed by atoms with E-state index in [2.05, 4.69) is 16.8 Å². The van der Waals surface area contributed by atoms with Gasteiger partial charge < -0.3 is 19.6 Å². The molecular formula is C16H26N2O3S. The van der Waals surface area contributed by atoms with Crippen molar-refractivity contribution in [2.45, 2.75) is 32.5 Å². The summed E-state index contributed by atoms with van der Waals surface area (Å²) in [5.41, 5.74) is 0. The van der Waals surface area contributed by atoms with Crippen molar-refractivity contribution in [1.82, 2.24) is 9.80 Å². The molecule has 1 fully saturated rings. The quantitative estimate of drug-likeness (QED) is 0.810. The molecule has 0 aromatic carbocycles. The number of aliphatic hydroxyl groups excluding tert-OH is 1. The minimum absolute atomic E-state index is 0.125. The molecule has 2 rings (SSSR count). The molecular weight excluding hydrogens is 300 g/mol. The number of carbonyl (C=O) groups excluding carboxylic acids is 1. The summed E-state index contributed by atoms with van der Waals surface area (Å²) >= 11 is 1.33. The van der Waals surface area contributed by atoms with Gasteiger partial charge in [-0.3, -0.25) is 0 Å². The number of thiophene rings is 1. The third-order valence-corrected chi connectivity index (χ3v) is 4.98. The molecule has 124 valence electrons. The van der Waals surface area contributed by atoms with E-state index in [0.29, 0.717) is 11.3 Å². The van der Waals surface area contributed by atoms with Crippen molar-refractivity contribution < 1.29 is 14.6 Å². The van der Waals surface area contributed by atoms with Crippen molar-refractivity contribution in [3.8, 4) is 0 Å². The average Bonchev–Trinajstić information content (AvgIpc) is 2.95. The van der Waals surface area contributed by atoms with Crippen molar-refractivity contribution in [3.05, 3.63) is 21.9 Å². The monoisotopic (exact) mass is 326 g/mol. The van der Waals surface area contributed by atoms with E-state index in [-0.39, 0.29) is 12.1 Å². The lowest BCUT2D eigenvalue weighted by molar-refractivity contribution is 0.0384. The SMILES string of the molecule is CC(C)OC(=O)c1ccc(C(O)CCN2CCN(C)CC2)s1. The predicted molar refractivity (Wildman–Crippen MR) is 88.4 cm³/mol. The number of carbonyl (C=O) groups is 1. The van der Waals surface area contributed by atoms with Crippen LogP contribution in [0.5, 0.6) is 0 Å². The molecule has 2 heterocycles. The maximum absolute atomic E-state index is 11.8. The van der Waals surface area contributed by atoms with Crippen LogP contribution in [0.3, 0.4) is 0 Å². The second-order valence-electron chi connectivity index (χ2n) is 6.11. The van der Waals surface area contributed by atoms with Gasteiger partial charge in [0.2, 0.25) is 0 Å². The van der Waals surface area contributed by atoms with Gasteiger partial charge in [-0.05, 0) is 39.4 Å². The van der Waals surface area contributed by atoms with Crippen LogP contribution in [0.4, 0.5) is 0 Å². The average molecular weight is 326 g/mol. The Morgan fingerprint density at radius 3 is 2.64 bits per heavy atom. The Morgan fingerprint density at radius 2 is 2.00 bits per heavy atom. The van der Waals surface area contributed by atoms with Gasteiger partial charge in [0, 0.05) is 37.6 Å². The first-order valence-electron chi connectivity index (χ1n) is 7.85. The molecule has 0 amide bonds. The van der Waals surface area contributed by atoms with Crippen LogP contribution in [-0.4, -0.2) is 66.8 Å². The molecule has 0 saturated carbocycles. The van der Waals surface area contributed by atoms with Crippen LogP contribution in [0.25, 0.3) is 0 Å². The van der Waals surface area contributed by atoms with Crippen molar-refractivity contribution >= 4 is 17.3 Å². The third kappa shape index (κ3) is 5.05. The predicted octanol–water partition coefficient (Wildman–Crippen LogP) is 1.98. The molecule has 0 spiro atoms. The molecule has 1 aromatic heterocycles. The second-order valence-corrected chi connectivity index (χ2v) is 7.22. The van der Waals surface area contributed by atoms with Gasteiger partial charge in [-0.15, -0.1) is 11.3 Å². The summed E-state index contributed by atoms with van der Waals surface area (Å²) in [6, 6.07) is 3.57. The normalized spacial score (nSPS) is 18.6. The lowest BCUT2D eigenvalue weighted by atomic mass is 10.2. The van der Waals surface area contributed by atoms with Crippen LogP contribution in [0, 0.1) is 0 Å². The standard InChI is InChI=1S/C16H26N2O3S/c1-12(2)21-16(20)15-5-4-14(22-15)13(19)6-7-18-10-8-17(3)9-11-18/h4-5,12-13,19H,6-11H2,1-3H3. The molecule has 1 N–H and O–H groups in total. The van der Waals surface area contributed by atoms with Gasteiger partial charge in [-0.1, -0.05) is 0 Å². The second kappa shape index (κ2) is 8.06. The largest absolute Gasteiger partial charge is 0.459 e. The van der Waals surface area contributed by atoms with E-state index in [0.717, 1.165) is 37.6 Å². The maximum atomic E-state index is 11.8. The van der Waals surface area contributed by atoms with Crippen molar-refractivity contribution in [3.63, 3.8) is 0 Å². The Morgan fingerprint density at radius 1 is 1.32 bits per heavy atom. The topological polar surface area (TPSA) is 53.0 Å². The Labute approximate surface area is 136 Å². The van der Waals surface area contributed by atoms with E-state index >= 15 is 0 Å². The summed E-state index contributed by atoms with van der Waals surface area (Å²) in [4.78, 5) is 17.9. The summed E-state index contributed by atoms with van der Waals surface area (Å²) in [5, 5.41) is 10.3. The minimum atomic E-state index is -0.509. The molecule has 0 radical (unpaired) electrons. The first-order valence-corrected chi connectivity index (χ1v) is 8.67. The maximum Gasteiger partial charge on any atom is 0.348 e. The van der Waals surface area contributed by atoms with E-state index in [9.17, 15) is 9.90 Å². The van der Waals surface area contributed by atoms with Crippen molar-refractivity contribution in [2.75, 3.05) is 39.8 Å². The number of esters is 1. The van der Waals surface area contributed by atoms with Gasteiger partial charge in [-0.25, -0.2) is 4.79 Å². The summed E-state index contributed by atoms with van der Waals surface area (Å²) in [5.74, 6) is -0.308. The smallest absolute Gasteiger partial charge is 0.348 e. The van der Waals surface area contributed by atoms with Gasteiger partial charge in [0.1, 0.15) is 4.88 Å². The van der Waals surface area contributed by atoms with Crippen LogP contribution >= 0.6 is 11.3 Å². The number of ether oxygens (including phenoxy) is 1. The summed E-state index contributed by atoms with van der Waals surface area (Å²) in [6.45, 7) is 8.83. The number of aliphatic hydroxyl groups is 1. The first kappa shape index (κ1) is 17.4. The van der Waals surface area contributed by atoms with Crippen LogP contribution in [0.2, 0.25) is 0 Å². The Hall–Kier alpha value is -0.950. The molecule has 1 aliphatic rings. The highest BCUT2D eigenvalue weighted by Crippen LogP contribution is 2.26. The molecule has 1 aliphatic heterocycles. The molecule has 1 unspecified atom stereocenters. The van der Waals surface area contributed by atoms with Gasteiger partial charge >= 0.3 is 5.97 Å². The van der Waals surface area contributed by atoms with Crippen LogP contribution < -0.4 is 0 Å². The van der Waals surface area contributed by atoms with Crippen LogP contribution in [-0.2, 0) is 4.74 Å². The molecule has 1 saturated heterocycles. The molecule has 6 heteroatoms. The number of rotatable bonds is 6. The number of nitrogens with zero attached hydrogens (tertiary/aromatic N) is 2. The molecule has 0 bridgehead atoms. The van der Waals surface area contributed by atoms with Crippen molar-refractivity contribution in [2.24, 2.45) is 0 Å². The Bertz CT molecular complexity index is 481. The van der Waals surface area contributed by atoms with E-state index in [4.69, 9.17) is 4.74 Å². The zero-order valence-electron chi connectivity index (χ0n) is 13.6. The van der Waals surface area contributed by atoms with Gasteiger partial charge in [0.15, 0.2) is 0 Å². The number of hydrogen-bond acceptors (Lipinski definition) is 6. The van der Waals surface area contributed by atoms with Gasteiger partial charge in [0.05, 0.1) is 12.2 Å². The highest BCUT2D eigenvalue weighted by Gasteiger charge is 2.18. The zero-order valence-corrected chi connectivity index (χ0v) is 14.4. The van der Waals surface area contributed by atoms with Crippen molar-refractivity contribution in [1.29, 1.82) is 0 Å². The Kier molecular flexibility index (Phi) is 6.37. The number of likely N-dealkylation sites (N-methyl/N-ethyl adjacent to an activating group) is 1. The summed E-state index contributed by atoms with van der Waals surface area (Å²) in [6.07, 6.45) is 0.0635.